The highest BCUT2D eigenvalue weighted by molar-refractivity contribution is 5.92. The first-order valence-corrected chi connectivity index (χ1v) is 9.61. The molecule has 162 valence electrons. The van der Waals surface area contributed by atoms with Crippen LogP contribution in [0.15, 0.2) is 65.5 Å². The summed E-state index contributed by atoms with van der Waals surface area (Å²) in [5.41, 5.74) is -0.694. The van der Waals surface area contributed by atoms with Gasteiger partial charge in [-0.25, -0.2) is 4.68 Å². The van der Waals surface area contributed by atoms with Crippen molar-refractivity contribution in [3.8, 4) is 5.69 Å². The number of nitrogens with zero attached hydrogens (tertiary/aromatic N) is 2. The fraction of sp³-hybridized carbons (Fsp3) is 0.261. The van der Waals surface area contributed by atoms with Gasteiger partial charge in [0.05, 0.1) is 11.3 Å². The van der Waals surface area contributed by atoms with E-state index in [0.29, 0.717) is 16.9 Å². The van der Waals surface area contributed by atoms with Crippen LogP contribution in [0.25, 0.3) is 5.69 Å². The van der Waals surface area contributed by atoms with E-state index in [-0.39, 0.29) is 12.2 Å². The molecule has 0 radical (unpaired) electrons. The number of carbonyl (C=O) groups excluding carboxylic acids is 1. The van der Waals surface area contributed by atoms with Crippen LogP contribution in [-0.2, 0) is 11.6 Å². The van der Waals surface area contributed by atoms with Crippen LogP contribution < -0.4 is 10.7 Å². The molecule has 3 rings (SSSR count). The molecule has 0 bridgehead atoms. The van der Waals surface area contributed by atoms with Crippen molar-refractivity contribution in [3.05, 3.63) is 93.4 Å². The van der Waals surface area contributed by atoms with Crippen LogP contribution in [0.5, 0.6) is 0 Å². The van der Waals surface area contributed by atoms with E-state index in [0.717, 1.165) is 12.1 Å². The quantitative estimate of drug-likeness (QED) is 0.659. The van der Waals surface area contributed by atoms with E-state index >= 15 is 0 Å². The predicted octanol–water partition coefficient (Wildman–Crippen LogP) is 4.27. The zero-order chi connectivity index (χ0) is 22.8. The fourth-order valence-electron chi connectivity index (χ4n) is 3.14. The van der Waals surface area contributed by atoms with Crippen molar-refractivity contribution in [1.82, 2.24) is 15.1 Å². The van der Waals surface area contributed by atoms with E-state index in [4.69, 9.17) is 0 Å². The molecule has 1 heterocycles. The first kappa shape index (κ1) is 22.3. The lowest BCUT2D eigenvalue weighted by atomic mass is 9.83. The second-order valence-corrected chi connectivity index (χ2v) is 7.89. The van der Waals surface area contributed by atoms with E-state index in [1.54, 1.807) is 39.0 Å². The Labute approximate surface area is 177 Å². The van der Waals surface area contributed by atoms with Crippen molar-refractivity contribution in [2.24, 2.45) is 0 Å². The number of para-hydroxylation sites is 1. The summed E-state index contributed by atoms with van der Waals surface area (Å²) in [4.78, 5) is 25.1. The summed E-state index contributed by atoms with van der Waals surface area (Å²) >= 11 is 0. The normalized spacial score (nSPS) is 11.9. The molecule has 8 heteroatoms. The lowest BCUT2D eigenvalue weighted by Crippen LogP contribution is -2.39. The number of amides is 1. The summed E-state index contributed by atoms with van der Waals surface area (Å²) in [6, 6.07) is 15.4. The Morgan fingerprint density at radius 3 is 2.29 bits per heavy atom. The third-order valence-electron chi connectivity index (χ3n) is 4.99. The van der Waals surface area contributed by atoms with E-state index in [1.165, 1.54) is 16.8 Å². The Balaban J connectivity index is 1.83. The molecule has 0 aliphatic heterocycles. The number of nitrogens with one attached hydrogen (secondary N) is 1. The van der Waals surface area contributed by atoms with Gasteiger partial charge in [0.15, 0.2) is 5.69 Å². The molecule has 0 unspecified atom stereocenters. The van der Waals surface area contributed by atoms with Gasteiger partial charge >= 0.3 is 6.18 Å². The minimum Gasteiger partial charge on any atom is -0.350 e. The van der Waals surface area contributed by atoms with E-state index in [1.807, 2.05) is 18.2 Å². The van der Waals surface area contributed by atoms with Gasteiger partial charge < -0.3 is 5.32 Å². The zero-order valence-electron chi connectivity index (χ0n) is 17.3. The van der Waals surface area contributed by atoms with Gasteiger partial charge in [0.25, 0.3) is 5.91 Å². The predicted molar refractivity (Wildman–Crippen MR) is 111 cm³/mol. The van der Waals surface area contributed by atoms with Gasteiger partial charge in [-0.05, 0) is 30.7 Å². The highest BCUT2D eigenvalue weighted by Crippen LogP contribution is 2.32. The van der Waals surface area contributed by atoms with Crippen LogP contribution >= 0.6 is 0 Å². The molecular weight excluding hydrogens is 407 g/mol. The zero-order valence-corrected chi connectivity index (χ0v) is 17.3. The van der Waals surface area contributed by atoms with Crippen LogP contribution in [0.3, 0.4) is 0 Å². The van der Waals surface area contributed by atoms with Gasteiger partial charge in [-0.1, -0.05) is 50.2 Å². The first-order chi connectivity index (χ1) is 14.5. The average molecular weight is 429 g/mol. The van der Waals surface area contributed by atoms with Gasteiger partial charge in [0, 0.05) is 23.7 Å². The lowest BCUT2D eigenvalue weighted by Gasteiger charge is -2.26. The fourth-order valence-corrected chi connectivity index (χ4v) is 3.14. The second kappa shape index (κ2) is 8.37. The smallest absolute Gasteiger partial charge is 0.350 e. The molecule has 0 atom stereocenters. The number of hydrogen-bond donors (Lipinski definition) is 1. The second-order valence-electron chi connectivity index (χ2n) is 7.89. The largest absolute Gasteiger partial charge is 0.416 e. The number of aryl methyl sites for hydroxylation is 1. The van der Waals surface area contributed by atoms with E-state index in [2.05, 4.69) is 10.4 Å². The molecule has 5 nitrogen and oxygen atoms in total. The van der Waals surface area contributed by atoms with Crippen molar-refractivity contribution in [2.75, 3.05) is 6.54 Å². The van der Waals surface area contributed by atoms with Crippen molar-refractivity contribution in [3.63, 3.8) is 0 Å². The highest BCUT2D eigenvalue weighted by atomic mass is 19.4. The van der Waals surface area contributed by atoms with Crippen molar-refractivity contribution in [1.29, 1.82) is 0 Å². The molecule has 0 saturated heterocycles. The molecule has 1 aromatic heterocycles. The molecular formula is C23H22F3N3O2. The number of hydrogen-bond acceptors (Lipinski definition) is 3. The maximum atomic E-state index is 13.0. The molecule has 0 saturated carbocycles. The van der Waals surface area contributed by atoms with Gasteiger partial charge in [0.2, 0.25) is 5.43 Å². The Morgan fingerprint density at radius 1 is 1.00 bits per heavy atom. The minimum atomic E-state index is -4.45. The Kier molecular flexibility index (Phi) is 6.01. The summed E-state index contributed by atoms with van der Waals surface area (Å²) in [6.45, 7) is 5.16. The van der Waals surface area contributed by atoms with Gasteiger partial charge in [-0.15, -0.1) is 0 Å². The summed E-state index contributed by atoms with van der Waals surface area (Å²) in [6.07, 6.45) is -4.45. The van der Waals surface area contributed by atoms with Gasteiger partial charge in [-0.3, -0.25) is 9.59 Å². The topological polar surface area (TPSA) is 64.0 Å². The number of alkyl halides is 3. The summed E-state index contributed by atoms with van der Waals surface area (Å²) in [7, 11) is 0. The average Bonchev–Trinajstić information content (AvgIpc) is 2.72. The molecule has 1 amide bonds. The molecule has 2 aromatic carbocycles. The van der Waals surface area contributed by atoms with Crippen molar-refractivity contribution >= 4 is 5.91 Å². The molecule has 0 spiro atoms. The molecule has 0 aliphatic rings. The van der Waals surface area contributed by atoms with Gasteiger partial charge in [-0.2, -0.15) is 18.3 Å². The van der Waals surface area contributed by atoms with E-state index < -0.39 is 28.5 Å². The Bertz CT molecular complexity index is 1150. The van der Waals surface area contributed by atoms with Crippen LogP contribution in [0, 0.1) is 6.92 Å². The summed E-state index contributed by atoms with van der Waals surface area (Å²) in [5.74, 6) is -0.685. The van der Waals surface area contributed by atoms with Crippen LogP contribution in [0.4, 0.5) is 13.2 Å². The van der Waals surface area contributed by atoms with E-state index in [9.17, 15) is 22.8 Å². The molecule has 31 heavy (non-hydrogen) atoms. The summed E-state index contributed by atoms with van der Waals surface area (Å²) < 4.78 is 40.6. The molecule has 3 aromatic rings. The van der Waals surface area contributed by atoms with Crippen LogP contribution in [0.1, 0.15) is 41.2 Å². The SMILES string of the molecule is Cc1cc(=O)c(C(=O)NCC(C)(C)c2cccc(C(F)(F)F)c2)nn1-c1ccccc1. The first-order valence-electron chi connectivity index (χ1n) is 9.61. The number of aromatic nitrogens is 2. The van der Waals surface area contributed by atoms with Crippen LogP contribution in [0.2, 0.25) is 0 Å². The maximum absolute atomic E-state index is 13.0. The number of halogens is 3. The summed E-state index contributed by atoms with van der Waals surface area (Å²) in [5, 5.41) is 6.84. The molecule has 0 fully saturated rings. The standard InChI is InChI=1S/C23H22F3N3O2/c1-15-12-19(30)20(28-29(15)18-10-5-4-6-11-18)21(31)27-14-22(2,3)16-8-7-9-17(13-16)23(24,25)26/h4-13H,14H2,1-3H3,(H,27,31). The van der Waals surface area contributed by atoms with Crippen molar-refractivity contribution in [2.45, 2.75) is 32.4 Å². The third-order valence-corrected chi connectivity index (χ3v) is 4.99. The molecule has 0 aliphatic carbocycles. The third kappa shape index (κ3) is 5.02. The lowest BCUT2D eigenvalue weighted by molar-refractivity contribution is -0.137. The van der Waals surface area contributed by atoms with Crippen molar-refractivity contribution < 1.29 is 18.0 Å². The number of rotatable bonds is 5. The van der Waals surface area contributed by atoms with Gasteiger partial charge in [0.1, 0.15) is 0 Å². The highest BCUT2D eigenvalue weighted by Gasteiger charge is 2.32. The van der Waals surface area contributed by atoms with Crippen LogP contribution in [-0.4, -0.2) is 22.2 Å². The Morgan fingerprint density at radius 2 is 1.65 bits per heavy atom. The minimum absolute atomic E-state index is 0.0213. The monoisotopic (exact) mass is 429 g/mol. The number of benzene rings is 2. The Hall–Kier alpha value is -3.42. The maximum Gasteiger partial charge on any atom is 0.416 e. The number of carbonyl (C=O) groups is 1. The molecule has 1 N–H and O–H groups in total.